The van der Waals surface area contributed by atoms with Gasteiger partial charge in [-0.15, -0.1) is 11.3 Å². The highest BCUT2D eigenvalue weighted by Gasteiger charge is 2.48. The molecular formula is C20H22F2N2O3S2. The van der Waals surface area contributed by atoms with E-state index in [9.17, 15) is 22.0 Å². The first-order valence-corrected chi connectivity index (χ1v) is 12.3. The molecule has 2 aromatic rings. The van der Waals surface area contributed by atoms with Crippen LogP contribution in [0.4, 0.5) is 8.78 Å². The number of carbonyl (C=O) groups is 1. The summed E-state index contributed by atoms with van der Waals surface area (Å²) in [4.78, 5) is 15.5. The van der Waals surface area contributed by atoms with E-state index in [1.807, 2.05) is 0 Å². The van der Waals surface area contributed by atoms with Gasteiger partial charge in [0.25, 0.3) is 0 Å². The lowest BCUT2D eigenvalue weighted by atomic mass is 10.0. The number of thiophene rings is 1. The summed E-state index contributed by atoms with van der Waals surface area (Å²) in [6, 6.07) is 5.23. The zero-order chi connectivity index (χ0) is 20.8. The molecule has 1 aromatic carbocycles. The highest BCUT2D eigenvalue weighted by Crippen LogP contribution is 2.53. The van der Waals surface area contributed by atoms with E-state index in [1.54, 1.807) is 16.3 Å². The van der Waals surface area contributed by atoms with Crippen LogP contribution in [0.15, 0.2) is 29.6 Å². The fourth-order valence-corrected chi connectivity index (χ4v) is 6.02. The van der Waals surface area contributed by atoms with Crippen LogP contribution < -0.4 is 4.72 Å². The Labute approximate surface area is 172 Å². The average Bonchev–Trinajstić information content (AvgIpc) is 3.29. The largest absolute Gasteiger partial charge is 0.341 e. The lowest BCUT2D eigenvalue weighted by Gasteiger charge is -2.33. The number of rotatable bonds is 5. The zero-order valence-corrected chi connectivity index (χ0v) is 17.5. The number of benzene rings is 1. The average molecular weight is 441 g/mol. The molecule has 0 bridgehead atoms. The summed E-state index contributed by atoms with van der Waals surface area (Å²) in [5.41, 5.74) is 0.471. The molecule has 0 unspecified atom stereocenters. The molecule has 156 valence electrons. The van der Waals surface area contributed by atoms with Gasteiger partial charge in [-0.05, 0) is 42.8 Å². The van der Waals surface area contributed by atoms with Crippen molar-refractivity contribution in [2.24, 2.45) is 5.92 Å². The van der Waals surface area contributed by atoms with Crippen molar-refractivity contribution in [2.45, 2.75) is 31.2 Å². The minimum atomic E-state index is -3.33. The van der Waals surface area contributed by atoms with E-state index in [1.165, 1.54) is 29.5 Å². The second-order valence-electron chi connectivity index (χ2n) is 7.76. The standard InChI is InChI=1S/C20H22F2N2O3S2/c1-29(26,27)23-12-4-3-8-24(11-12)20(25)15-10-14(15)19-13(7-9-28-19)18-16(21)5-2-6-17(18)22/h2,5-7,9,12,14-15,23H,3-4,8,10-11H2,1H3/t12-,14+,15+/m0/s1. The fourth-order valence-electron chi connectivity index (χ4n) is 4.14. The SMILES string of the molecule is CS(=O)(=O)N[C@H]1CCCN(C(=O)[C@@H]2C[C@H]2c2sccc2-c2c(F)cccc2F)C1. The first-order valence-electron chi connectivity index (χ1n) is 9.52. The Morgan fingerprint density at radius 3 is 2.66 bits per heavy atom. The summed E-state index contributed by atoms with van der Waals surface area (Å²) in [7, 11) is -3.33. The van der Waals surface area contributed by atoms with Crippen molar-refractivity contribution in [3.8, 4) is 11.1 Å². The van der Waals surface area contributed by atoms with Gasteiger partial charge in [-0.1, -0.05) is 6.07 Å². The molecule has 1 aliphatic heterocycles. The molecule has 5 nitrogen and oxygen atoms in total. The zero-order valence-electron chi connectivity index (χ0n) is 15.9. The molecule has 1 aromatic heterocycles. The number of piperidine rings is 1. The van der Waals surface area contributed by atoms with Gasteiger partial charge in [-0.25, -0.2) is 21.9 Å². The third-order valence-corrected chi connectivity index (χ3v) is 7.30. The van der Waals surface area contributed by atoms with Gasteiger partial charge in [-0.2, -0.15) is 0 Å². The van der Waals surface area contributed by atoms with E-state index in [0.29, 0.717) is 31.5 Å². The Bertz CT molecular complexity index is 1020. The summed E-state index contributed by atoms with van der Waals surface area (Å²) < 4.78 is 54.0. The van der Waals surface area contributed by atoms with E-state index >= 15 is 0 Å². The Kier molecular flexibility index (Phi) is 5.48. The van der Waals surface area contributed by atoms with Crippen LogP contribution in [-0.4, -0.2) is 44.6 Å². The maximum Gasteiger partial charge on any atom is 0.226 e. The number of hydrogen-bond acceptors (Lipinski definition) is 4. The molecule has 9 heteroatoms. The Balaban J connectivity index is 1.48. The Morgan fingerprint density at radius 1 is 1.24 bits per heavy atom. The number of likely N-dealkylation sites (tertiary alicyclic amines) is 1. The smallest absolute Gasteiger partial charge is 0.226 e. The predicted molar refractivity (Wildman–Crippen MR) is 108 cm³/mol. The van der Waals surface area contributed by atoms with Crippen LogP contribution >= 0.6 is 11.3 Å². The summed E-state index contributed by atoms with van der Waals surface area (Å²) in [5, 5.41) is 1.79. The number of amides is 1. The molecule has 29 heavy (non-hydrogen) atoms. The Morgan fingerprint density at radius 2 is 1.97 bits per heavy atom. The first kappa shape index (κ1) is 20.4. The lowest BCUT2D eigenvalue weighted by Crippen LogP contribution is -2.49. The highest BCUT2D eigenvalue weighted by atomic mass is 32.2. The molecule has 1 saturated carbocycles. The number of nitrogens with zero attached hydrogens (tertiary/aromatic N) is 1. The minimum absolute atomic E-state index is 0.0108. The summed E-state index contributed by atoms with van der Waals surface area (Å²) in [6.07, 6.45) is 3.20. The van der Waals surface area contributed by atoms with Gasteiger partial charge in [0.2, 0.25) is 15.9 Å². The molecule has 1 saturated heterocycles. The van der Waals surface area contributed by atoms with Gasteiger partial charge >= 0.3 is 0 Å². The molecule has 3 atom stereocenters. The van der Waals surface area contributed by atoms with Crippen LogP contribution in [-0.2, 0) is 14.8 Å². The number of hydrogen-bond donors (Lipinski definition) is 1. The summed E-state index contributed by atoms with van der Waals surface area (Å²) in [5.74, 6) is -1.51. The van der Waals surface area contributed by atoms with Gasteiger partial charge in [0, 0.05) is 41.4 Å². The quantitative estimate of drug-likeness (QED) is 0.776. The fraction of sp³-hybridized carbons (Fsp3) is 0.450. The third kappa shape index (κ3) is 4.36. The van der Waals surface area contributed by atoms with E-state index in [2.05, 4.69) is 4.72 Å². The summed E-state index contributed by atoms with van der Waals surface area (Å²) >= 11 is 1.41. The molecule has 4 rings (SSSR count). The topological polar surface area (TPSA) is 66.5 Å². The summed E-state index contributed by atoms with van der Waals surface area (Å²) in [6.45, 7) is 0.956. The van der Waals surface area contributed by atoms with Crippen LogP contribution in [0, 0.1) is 17.6 Å². The van der Waals surface area contributed by atoms with E-state index < -0.39 is 21.7 Å². The number of carbonyl (C=O) groups excluding carboxylic acids is 1. The van der Waals surface area contributed by atoms with Crippen LogP contribution in [0.3, 0.4) is 0 Å². The van der Waals surface area contributed by atoms with Crippen LogP contribution in [0.1, 0.15) is 30.1 Å². The number of nitrogens with one attached hydrogen (secondary N) is 1. The van der Waals surface area contributed by atoms with Crippen molar-refractivity contribution >= 4 is 27.3 Å². The van der Waals surface area contributed by atoms with E-state index in [-0.39, 0.29) is 29.3 Å². The molecule has 0 radical (unpaired) electrons. The molecule has 0 spiro atoms. The van der Waals surface area contributed by atoms with Crippen molar-refractivity contribution in [1.82, 2.24) is 9.62 Å². The van der Waals surface area contributed by atoms with Crippen LogP contribution in [0.25, 0.3) is 11.1 Å². The maximum absolute atomic E-state index is 14.2. The van der Waals surface area contributed by atoms with Crippen molar-refractivity contribution < 1.29 is 22.0 Å². The van der Waals surface area contributed by atoms with Crippen LogP contribution in [0.2, 0.25) is 0 Å². The van der Waals surface area contributed by atoms with Crippen molar-refractivity contribution in [2.75, 3.05) is 19.3 Å². The first-order chi connectivity index (χ1) is 13.7. The minimum Gasteiger partial charge on any atom is -0.341 e. The number of sulfonamides is 1. The molecule has 2 fully saturated rings. The lowest BCUT2D eigenvalue weighted by molar-refractivity contribution is -0.133. The van der Waals surface area contributed by atoms with E-state index in [0.717, 1.165) is 17.6 Å². The molecule has 2 heterocycles. The Hall–Kier alpha value is -1.84. The molecule has 1 N–H and O–H groups in total. The van der Waals surface area contributed by atoms with Gasteiger partial charge in [-0.3, -0.25) is 4.79 Å². The van der Waals surface area contributed by atoms with Crippen molar-refractivity contribution in [1.29, 1.82) is 0 Å². The molecule has 2 aliphatic rings. The maximum atomic E-state index is 14.2. The molecular weight excluding hydrogens is 418 g/mol. The highest BCUT2D eigenvalue weighted by molar-refractivity contribution is 7.88. The third-order valence-electron chi connectivity index (χ3n) is 5.49. The van der Waals surface area contributed by atoms with E-state index in [4.69, 9.17) is 0 Å². The van der Waals surface area contributed by atoms with Crippen molar-refractivity contribution in [3.05, 3.63) is 46.2 Å². The van der Waals surface area contributed by atoms with Crippen LogP contribution in [0.5, 0.6) is 0 Å². The van der Waals surface area contributed by atoms with Gasteiger partial charge < -0.3 is 4.90 Å². The monoisotopic (exact) mass is 440 g/mol. The normalized spacial score (nSPS) is 24.5. The van der Waals surface area contributed by atoms with Gasteiger partial charge in [0.15, 0.2) is 0 Å². The predicted octanol–water partition coefficient (Wildman–Crippen LogP) is 3.34. The second-order valence-corrected chi connectivity index (χ2v) is 10.5. The van der Waals surface area contributed by atoms with Crippen molar-refractivity contribution in [3.63, 3.8) is 0 Å². The van der Waals surface area contributed by atoms with Gasteiger partial charge in [0.05, 0.1) is 11.8 Å². The number of halogens is 2. The molecule has 1 aliphatic carbocycles. The molecule has 1 amide bonds. The van der Waals surface area contributed by atoms with Gasteiger partial charge in [0.1, 0.15) is 11.6 Å². The second kappa shape index (κ2) is 7.77.